The maximum atomic E-state index is 10.5. The first-order chi connectivity index (χ1) is 5.68. The predicted molar refractivity (Wildman–Crippen MR) is 48.3 cm³/mol. The third-order valence-electron chi connectivity index (χ3n) is 1.98. The molecular formula is C7H6BrNO2S. The third-order valence-corrected chi connectivity index (χ3v) is 3.36. The second kappa shape index (κ2) is 2.81. The van der Waals surface area contributed by atoms with E-state index in [0.29, 0.717) is 0 Å². The van der Waals surface area contributed by atoms with E-state index < -0.39 is 5.97 Å². The number of carboxylic acids is 1. The van der Waals surface area contributed by atoms with Gasteiger partial charge >= 0.3 is 5.97 Å². The van der Waals surface area contributed by atoms with Crippen LogP contribution in [-0.2, 0) is 4.79 Å². The molecule has 1 heterocycles. The van der Waals surface area contributed by atoms with Crippen molar-refractivity contribution >= 4 is 33.2 Å². The largest absolute Gasteiger partial charge is 0.481 e. The van der Waals surface area contributed by atoms with Crippen molar-refractivity contribution in [1.82, 2.24) is 4.98 Å². The highest BCUT2D eigenvalue weighted by Crippen LogP contribution is 2.47. The van der Waals surface area contributed by atoms with E-state index >= 15 is 0 Å². The molecule has 2 atom stereocenters. The molecule has 12 heavy (non-hydrogen) atoms. The lowest BCUT2D eigenvalue weighted by Gasteiger charge is -1.88. The van der Waals surface area contributed by atoms with E-state index in [9.17, 15) is 4.79 Å². The minimum atomic E-state index is -0.705. The summed E-state index contributed by atoms with van der Waals surface area (Å²) in [6, 6.07) is 0. The number of hydrogen-bond donors (Lipinski definition) is 1. The van der Waals surface area contributed by atoms with E-state index in [1.165, 1.54) is 11.3 Å². The molecule has 3 nitrogen and oxygen atoms in total. The molecule has 1 aromatic rings. The summed E-state index contributed by atoms with van der Waals surface area (Å²) in [4.78, 5) is 14.7. The van der Waals surface area contributed by atoms with Crippen LogP contribution in [0.2, 0.25) is 0 Å². The maximum absolute atomic E-state index is 10.5. The van der Waals surface area contributed by atoms with Crippen molar-refractivity contribution in [1.29, 1.82) is 0 Å². The standard InChI is InChI=1S/C7H6BrNO2S/c8-7-9-5(2-12-7)3-1-4(3)6(10)11/h2-4H,1H2,(H,10,11). The van der Waals surface area contributed by atoms with Crippen molar-refractivity contribution in [2.24, 2.45) is 5.92 Å². The second-order valence-electron chi connectivity index (χ2n) is 2.81. The van der Waals surface area contributed by atoms with Gasteiger partial charge in [-0.25, -0.2) is 4.98 Å². The minimum absolute atomic E-state index is 0.157. The van der Waals surface area contributed by atoms with Gasteiger partial charge in [0, 0.05) is 11.3 Å². The highest BCUT2D eigenvalue weighted by Gasteiger charge is 2.45. The molecule has 0 spiro atoms. The van der Waals surface area contributed by atoms with Crippen LogP contribution in [0.15, 0.2) is 9.30 Å². The summed E-state index contributed by atoms with van der Waals surface area (Å²) in [5, 5.41) is 10.6. The zero-order valence-corrected chi connectivity index (χ0v) is 8.43. The first-order valence-electron chi connectivity index (χ1n) is 3.52. The number of carboxylic acid groups (broad SMARTS) is 1. The first kappa shape index (κ1) is 8.19. The summed E-state index contributed by atoms with van der Waals surface area (Å²) in [5.41, 5.74) is 0.916. The highest BCUT2D eigenvalue weighted by atomic mass is 79.9. The van der Waals surface area contributed by atoms with Gasteiger partial charge in [0.05, 0.1) is 11.6 Å². The van der Waals surface area contributed by atoms with Crippen LogP contribution in [0.5, 0.6) is 0 Å². The van der Waals surface area contributed by atoms with Crippen LogP contribution < -0.4 is 0 Å². The van der Waals surface area contributed by atoms with E-state index in [-0.39, 0.29) is 11.8 Å². The Hall–Kier alpha value is -0.420. The Morgan fingerprint density at radius 1 is 1.83 bits per heavy atom. The molecule has 1 fully saturated rings. The van der Waals surface area contributed by atoms with Crippen molar-refractivity contribution in [2.75, 3.05) is 0 Å². The number of thiazole rings is 1. The molecule has 1 N–H and O–H groups in total. The van der Waals surface area contributed by atoms with Gasteiger partial charge in [0.15, 0.2) is 3.92 Å². The monoisotopic (exact) mass is 247 g/mol. The van der Waals surface area contributed by atoms with E-state index in [2.05, 4.69) is 20.9 Å². The molecular weight excluding hydrogens is 242 g/mol. The Labute approximate surface area is 81.6 Å². The Bertz CT molecular complexity index is 325. The van der Waals surface area contributed by atoms with Gasteiger partial charge in [0.25, 0.3) is 0 Å². The van der Waals surface area contributed by atoms with Crippen molar-refractivity contribution < 1.29 is 9.90 Å². The third kappa shape index (κ3) is 1.38. The van der Waals surface area contributed by atoms with Crippen LogP contribution in [0.3, 0.4) is 0 Å². The van der Waals surface area contributed by atoms with Crippen molar-refractivity contribution in [3.63, 3.8) is 0 Å². The van der Waals surface area contributed by atoms with Gasteiger partial charge in [0.1, 0.15) is 0 Å². The number of aliphatic carboxylic acids is 1. The molecule has 2 unspecified atom stereocenters. The Morgan fingerprint density at radius 3 is 3.00 bits per heavy atom. The summed E-state index contributed by atoms with van der Waals surface area (Å²) >= 11 is 4.74. The van der Waals surface area contributed by atoms with Crippen LogP contribution in [0, 0.1) is 5.92 Å². The average molecular weight is 248 g/mol. The summed E-state index contributed by atoms with van der Waals surface area (Å²) in [5.74, 6) is -0.742. The molecule has 1 aromatic heterocycles. The second-order valence-corrected chi connectivity index (χ2v) is 4.95. The zero-order chi connectivity index (χ0) is 8.72. The fourth-order valence-corrected chi connectivity index (χ4v) is 2.32. The highest BCUT2D eigenvalue weighted by molar-refractivity contribution is 9.11. The number of hydrogen-bond acceptors (Lipinski definition) is 3. The molecule has 0 amide bonds. The lowest BCUT2D eigenvalue weighted by atomic mass is 10.2. The van der Waals surface area contributed by atoms with Crippen LogP contribution in [0.1, 0.15) is 18.0 Å². The summed E-state index contributed by atoms with van der Waals surface area (Å²) in [6.45, 7) is 0. The number of nitrogens with zero attached hydrogens (tertiary/aromatic N) is 1. The maximum Gasteiger partial charge on any atom is 0.307 e. The van der Waals surface area contributed by atoms with Crippen molar-refractivity contribution in [3.05, 3.63) is 15.0 Å². The van der Waals surface area contributed by atoms with E-state index in [0.717, 1.165) is 16.0 Å². The Morgan fingerprint density at radius 2 is 2.58 bits per heavy atom. The molecule has 0 radical (unpaired) electrons. The smallest absolute Gasteiger partial charge is 0.307 e. The number of rotatable bonds is 2. The normalized spacial score (nSPS) is 27.1. The molecule has 64 valence electrons. The minimum Gasteiger partial charge on any atom is -0.481 e. The van der Waals surface area contributed by atoms with Gasteiger partial charge < -0.3 is 5.11 Å². The lowest BCUT2D eigenvalue weighted by molar-refractivity contribution is -0.138. The van der Waals surface area contributed by atoms with Crippen LogP contribution in [-0.4, -0.2) is 16.1 Å². The van der Waals surface area contributed by atoms with E-state index in [1.54, 1.807) is 0 Å². The molecule has 5 heteroatoms. The van der Waals surface area contributed by atoms with Gasteiger partial charge in [-0.2, -0.15) is 0 Å². The number of halogens is 1. The van der Waals surface area contributed by atoms with E-state index in [4.69, 9.17) is 5.11 Å². The first-order valence-corrected chi connectivity index (χ1v) is 5.19. The van der Waals surface area contributed by atoms with Crippen LogP contribution in [0.25, 0.3) is 0 Å². The average Bonchev–Trinajstić information content (AvgIpc) is 2.70. The summed E-state index contributed by atoms with van der Waals surface area (Å²) in [7, 11) is 0. The van der Waals surface area contributed by atoms with Gasteiger partial charge in [-0.15, -0.1) is 11.3 Å². The zero-order valence-electron chi connectivity index (χ0n) is 6.03. The molecule has 1 saturated carbocycles. The van der Waals surface area contributed by atoms with Gasteiger partial charge in [0.2, 0.25) is 0 Å². The molecule has 2 rings (SSSR count). The van der Waals surface area contributed by atoms with Gasteiger partial charge in [-0.1, -0.05) is 0 Å². The molecule has 1 aliphatic carbocycles. The quantitative estimate of drug-likeness (QED) is 0.871. The van der Waals surface area contributed by atoms with Crippen molar-refractivity contribution in [2.45, 2.75) is 12.3 Å². The SMILES string of the molecule is O=C(O)C1CC1c1csc(Br)n1. The van der Waals surface area contributed by atoms with Gasteiger partial charge in [-0.05, 0) is 22.4 Å². The van der Waals surface area contributed by atoms with Crippen LogP contribution >= 0.6 is 27.3 Å². The molecule has 0 aliphatic heterocycles. The predicted octanol–water partition coefficient (Wildman–Crippen LogP) is 2.09. The fourth-order valence-electron chi connectivity index (χ4n) is 1.23. The number of carbonyl (C=O) groups is 1. The van der Waals surface area contributed by atoms with Crippen molar-refractivity contribution in [3.8, 4) is 0 Å². The van der Waals surface area contributed by atoms with E-state index in [1.807, 2.05) is 5.38 Å². The number of aromatic nitrogens is 1. The van der Waals surface area contributed by atoms with Gasteiger partial charge in [-0.3, -0.25) is 4.79 Å². The Balaban J connectivity index is 2.10. The molecule has 0 saturated heterocycles. The summed E-state index contributed by atoms with van der Waals surface area (Å²) in [6.07, 6.45) is 0.742. The van der Waals surface area contributed by atoms with Crippen LogP contribution in [0.4, 0.5) is 0 Å². The summed E-state index contributed by atoms with van der Waals surface area (Å²) < 4.78 is 0.827. The lowest BCUT2D eigenvalue weighted by Crippen LogP contribution is -1.98. The molecule has 1 aliphatic rings. The molecule has 0 bridgehead atoms. The fraction of sp³-hybridized carbons (Fsp3) is 0.429. The Kier molecular flexibility index (Phi) is 1.92. The molecule has 0 aromatic carbocycles. The topological polar surface area (TPSA) is 50.2 Å².